The van der Waals surface area contributed by atoms with E-state index in [0.717, 1.165) is 6.20 Å². The van der Waals surface area contributed by atoms with Crippen LogP contribution >= 0.6 is 0 Å². The fraction of sp³-hybridized carbons (Fsp3) is 0.222. The smallest absolute Gasteiger partial charge is 0.339 e. The Labute approximate surface area is 88.9 Å². The molecule has 1 aromatic rings. The number of methoxy groups -OCH3 is 1. The van der Waals surface area contributed by atoms with Crippen molar-refractivity contribution in [1.82, 2.24) is 4.98 Å². The molecule has 0 aliphatic carbocycles. The van der Waals surface area contributed by atoms with Gasteiger partial charge in [-0.15, -0.1) is 0 Å². The molecule has 0 saturated carbocycles. The minimum atomic E-state index is -3.07. The Morgan fingerprint density at radius 1 is 1.69 bits per heavy atom. The van der Waals surface area contributed by atoms with Crippen LogP contribution in [0.1, 0.15) is 28.0 Å². The average molecular weight is 228 g/mol. The van der Waals surface area contributed by atoms with Crippen LogP contribution in [0.15, 0.2) is 6.20 Å². The lowest BCUT2D eigenvalue weighted by Gasteiger charge is -2.09. The van der Waals surface area contributed by atoms with Crippen molar-refractivity contribution >= 4 is 5.97 Å². The van der Waals surface area contributed by atoms with Gasteiger partial charge in [0.15, 0.2) is 5.75 Å². The summed E-state index contributed by atoms with van der Waals surface area (Å²) in [5.41, 5.74) is -2.22. The Morgan fingerprint density at radius 2 is 2.31 bits per heavy atom. The van der Waals surface area contributed by atoms with Crippen molar-refractivity contribution in [3.05, 3.63) is 23.0 Å². The highest BCUT2D eigenvalue weighted by molar-refractivity contribution is 5.92. The van der Waals surface area contributed by atoms with Crippen molar-refractivity contribution in [3.8, 4) is 11.8 Å². The van der Waals surface area contributed by atoms with Crippen LogP contribution in [-0.2, 0) is 0 Å². The number of carboxylic acids is 1. The first-order valence-electron chi connectivity index (χ1n) is 4.01. The van der Waals surface area contributed by atoms with E-state index in [2.05, 4.69) is 9.72 Å². The molecule has 1 rings (SSSR count). The zero-order valence-electron chi connectivity index (χ0n) is 8.07. The third kappa shape index (κ3) is 1.91. The fourth-order valence-corrected chi connectivity index (χ4v) is 1.16. The molecule has 7 heteroatoms. The van der Waals surface area contributed by atoms with E-state index in [4.69, 9.17) is 10.4 Å². The first kappa shape index (κ1) is 11.8. The molecule has 0 atom stereocenters. The van der Waals surface area contributed by atoms with Gasteiger partial charge >= 0.3 is 5.97 Å². The molecule has 5 nitrogen and oxygen atoms in total. The van der Waals surface area contributed by atoms with Crippen LogP contribution in [0, 0.1) is 11.3 Å². The summed E-state index contributed by atoms with van der Waals surface area (Å²) in [6.45, 7) is 0. The van der Waals surface area contributed by atoms with E-state index in [9.17, 15) is 13.6 Å². The first-order valence-corrected chi connectivity index (χ1v) is 4.01. The lowest BCUT2D eigenvalue weighted by Crippen LogP contribution is -2.09. The summed E-state index contributed by atoms with van der Waals surface area (Å²) in [6, 6.07) is 1.51. The van der Waals surface area contributed by atoms with E-state index < -0.39 is 29.2 Å². The normalized spacial score (nSPS) is 9.94. The topological polar surface area (TPSA) is 83.2 Å². The summed E-state index contributed by atoms with van der Waals surface area (Å²) in [4.78, 5) is 14.1. The van der Waals surface area contributed by atoms with Crippen LogP contribution < -0.4 is 4.74 Å². The zero-order chi connectivity index (χ0) is 12.3. The Hall–Kier alpha value is -2.23. The average Bonchev–Trinajstić information content (AvgIpc) is 2.26. The molecule has 0 unspecified atom stereocenters. The van der Waals surface area contributed by atoms with Gasteiger partial charge < -0.3 is 9.84 Å². The van der Waals surface area contributed by atoms with Gasteiger partial charge in [-0.3, -0.25) is 4.98 Å². The number of aromatic carboxylic acids is 1. The van der Waals surface area contributed by atoms with Crippen LogP contribution in [0.4, 0.5) is 8.78 Å². The third-order valence-corrected chi connectivity index (χ3v) is 1.83. The molecular formula is C9H6F2N2O3. The van der Waals surface area contributed by atoms with E-state index in [-0.39, 0.29) is 5.75 Å². The summed E-state index contributed by atoms with van der Waals surface area (Å²) in [5.74, 6) is -1.79. The van der Waals surface area contributed by atoms with Gasteiger partial charge in [-0.2, -0.15) is 5.26 Å². The number of aromatic nitrogens is 1. The highest BCUT2D eigenvalue weighted by atomic mass is 19.3. The van der Waals surface area contributed by atoms with Crippen molar-refractivity contribution in [3.63, 3.8) is 0 Å². The lowest BCUT2D eigenvalue weighted by molar-refractivity contribution is 0.0681. The minimum absolute atomic E-state index is 0.149. The molecule has 1 N–H and O–H groups in total. The van der Waals surface area contributed by atoms with Crippen LogP contribution in [0.3, 0.4) is 0 Å². The Morgan fingerprint density at radius 3 is 2.69 bits per heavy atom. The molecule has 0 aromatic carbocycles. The Kier molecular flexibility index (Phi) is 3.35. The molecule has 1 heterocycles. The highest BCUT2D eigenvalue weighted by Crippen LogP contribution is 2.28. The number of hydrogen-bond acceptors (Lipinski definition) is 4. The van der Waals surface area contributed by atoms with Gasteiger partial charge in [0.25, 0.3) is 6.43 Å². The van der Waals surface area contributed by atoms with E-state index in [0.29, 0.717) is 0 Å². The molecular weight excluding hydrogens is 222 g/mol. The van der Waals surface area contributed by atoms with E-state index >= 15 is 0 Å². The van der Waals surface area contributed by atoms with Crippen LogP contribution in [0.2, 0.25) is 0 Å². The van der Waals surface area contributed by atoms with E-state index in [1.54, 1.807) is 0 Å². The number of ether oxygens (including phenoxy) is 1. The number of halogens is 2. The maximum absolute atomic E-state index is 12.5. The van der Waals surface area contributed by atoms with Gasteiger partial charge in [-0.25, -0.2) is 13.6 Å². The second-order valence-corrected chi connectivity index (χ2v) is 2.68. The molecule has 0 fully saturated rings. The number of hydrogen-bond donors (Lipinski definition) is 1. The van der Waals surface area contributed by atoms with Gasteiger partial charge in [0, 0.05) is 0 Å². The van der Waals surface area contributed by atoms with E-state index in [1.165, 1.54) is 13.2 Å². The molecule has 0 aliphatic rings. The van der Waals surface area contributed by atoms with Crippen LogP contribution in [0.5, 0.6) is 5.75 Å². The van der Waals surface area contributed by atoms with Crippen molar-refractivity contribution in [2.75, 3.05) is 7.11 Å². The maximum atomic E-state index is 12.5. The highest BCUT2D eigenvalue weighted by Gasteiger charge is 2.26. The first-order chi connectivity index (χ1) is 7.52. The van der Waals surface area contributed by atoms with Crippen molar-refractivity contribution in [2.24, 2.45) is 0 Å². The zero-order valence-corrected chi connectivity index (χ0v) is 8.07. The molecule has 84 valence electrons. The number of carboxylic acid groups (broad SMARTS) is 1. The molecule has 0 aliphatic heterocycles. The standard InChI is InChI=1S/C9H6F2N2O3/c1-16-5-3-13-7(8(10)11)6(9(14)15)4(5)2-12/h3,8H,1H3,(H,14,15). The van der Waals surface area contributed by atoms with Gasteiger partial charge in [0.1, 0.15) is 22.9 Å². The fourth-order valence-electron chi connectivity index (χ4n) is 1.16. The molecule has 0 bridgehead atoms. The van der Waals surface area contributed by atoms with Crippen LogP contribution in [-0.4, -0.2) is 23.2 Å². The predicted molar refractivity (Wildman–Crippen MR) is 47.4 cm³/mol. The maximum Gasteiger partial charge on any atom is 0.339 e. The second-order valence-electron chi connectivity index (χ2n) is 2.68. The largest absolute Gasteiger partial charge is 0.494 e. The van der Waals surface area contributed by atoms with Gasteiger partial charge in [0.05, 0.1) is 13.3 Å². The number of alkyl halides is 2. The van der Waals surface area contributed by atoms with Crippen molar-refractivity contribution < 1.29 is 23.4 Å². The molecule has 0 spiro atoms. The monoisotopic (exact) mass is 228 g/mol. The predicted octanol–water partition coefficient (Wildman–Crippen LogP) is 1.60. The molecule has 1 aromatic heterocycles. The summed E-state index contributed by atoms with van der Waals surface area (Å²) in [7, 11) is 1.19. The number of nitrogens with zero attached hydrogens (tertiary/aromatic N) is 2. The Balaban J connectivity index is 3.59. The SMILES string of the molecule is COc1cnc(C(F)F)c(C(=O)O)c1C#N. The number of rotatable bonds is 3. The summed E-state index contributed by atoms with van der Waals surface area (Å²) < 4.78 is 29.6. The van der Waals surface area contributed by atoms with Gasteiger partial charge in [-0.05, 0) is 0 Å². The van der Waals surface area contributed by atoms with E-state index in [1.807, 2.05) is 0 Å². The van der Waals surface area contributed by atoms with Gasteiger partial charge in [-0.1, -0.05) is 0 Å². The second kappa shape index (κ2) is 4.53. The third-order valence-electron chi connectivity index (χ3n) is 1.83. The Bertz CT molecular complexity index is 469. The van der Waals surface area contributed by atoms with Crippen molar-refractivity contribution in [1.29, 1.82) is 5.26 Å². The molecule has 0 radical (unpaired) electrons. The quantitative estimate of drug-likeness (QED) is 0.849. The van der Waals surface area contributed by atoms with Crippen LogP contribution in [0.25, 0.3) is 0 Å². The number of nitriles is 1. The summed E-state index contributed by atoms with van der Waals surface area (Å²) in [6.07, 6.45) is -2.17. The number of carbonyl (C=O) groups is 1. The summed E-state index contributed by atoms with van der Waals surface area (Å²) in [5, 5.41) is 17.5. The van der Waals surface area contributed by atoms with Crippen molar-refractivity contribution in [2.45, 2.75) is 6.43 Å². The molecule has 0 saturated heterocycles. The summed E-state index contributed by atoms with van der Waals surface area (Å²) >= 11 is 0. The lowest BCUT2D eigenvalue weighted by atomic mass is 10.1. The molecule has 16 heavy (non-hydrogen) atoms. The number of pyridine rings is 1. The molecule has 0 amide bonds. The minimum Gasteiger partial charge on any atom is -0.494 e. The van der Waals surface area contributed by atoms with Gasteiger partial charge in [0.2, 0.25) is 0 Å².